The summed E-state index contributed by atoms with van der Waals surface area (Å²) in [5.74, 6) is 0.882. The molecular formula is C29H36N6O. The van der Waals surface area contributed by atoms with Crippen LogP contribution in [0.3, 0.4) is 0 Å². The second-order valence-electron chi connectivity index (χ2n) is 10.4. The van der Waals surface area contributed by atoms with Gasteiger partial charge in [-0.25, -0.2) is 4.98 Å². The zero-order valence-electron chi connectivity index (χ0n) is 21.4. The van der Waals surface area contributed by atoms with Gasteiger partial charge in [0.05, 0.1) is 42.8 Å². The van der Waals surface area contributed by atoms with E-state index >= 15 is 0 Å². The van der Waals surface area contributed by atoms with Crippen LogP contribution in [0.5, 0.6) is 5.75 Å². The summed E-state index contributed by atoms with van der Waals surface area (Å²) in [6.45, 7) is 5.54. The zero-order chi connectivity index (χ0) is 24.5. The van der Waals surface area contributed by atoms with Gasteiger partial charge in [-0.15, -0.1) is 0 Å². The van der Waals surface area contributed by atoms with E-state index in [0.29, 0.717) is 6.04 Å². The fourth-order valence-corrected chi connectivity index (χ4v) is 5.92. The molecule has 3 heterocycles. The summed E-state index contributed by atoms with van der Waals surface area (Å²) in [5.41, 5.74) is 5.37. The lowest BCUT2D eigenvalue weighted by atomic mass is 9.90. The van der Waals surface area contributed by atoms with E-state index in [1.807, 2.05) is 18.5 Å². The number of aromatic nitrogens is 4. The molecule has 2 aliphatic rings. The highest BCUT2D eigenvalue weighted by Gasteiger charge is 2.28. The maximum atomic E-state index is 5.79. The SMILES string of the molecule is COc1cc(-c2ccn(C3CCC(N4CCN(C)CC4)CC3)n2)ccc1Cn1cnc2ccccc21. The third kappa shape index (κ3) is 4.65. The number of piperazine rings is 1. The minimum absolute atomic E-state index is 0.498. The molecule has 2 aromatic carbocycles. The van der Waals surface area contributed by atoms with Gasteiger partial charge in [0.2, 0.25) is 0 Å². The number of likely N-dealkylation sites (N-methyl/N-ethyl adjacent to an activating group) is 1. The molecule has 1 aliphatic heterocycles. The van der Waals surface area contributed by atoms with E-state index in [2.05, 4.69) is 73.7 Å². The third-order valence-electron chi connectivity index (χ3n) is 8.15. The summed E-state index contributed by atoms with van der Waals surface area (Å²) in [5, 5.41) is 5.00. The Morgan fingerprint density at radius 2 is 1.69 bits per heavy atom. The number of imidazole rings is 1. The number of fused-ring (bicyclic) bond motifs is 1. The van der Waals surface area contributed by atoms with Crippen molar-refractivity contribution in [3.63, 3.8) is 0 Å². The smallest absolute Gasteiger partial charge is 0.124 e. The standard InChI is InChI=1S/C29H36N6O/c1-32-15-17-33(18-16-32)24-9-11-25(12-10-24)35-14-13-26(31-35)22-7-8-23(29(19-22)36-2)20-34-21-30-27-5-3-4-6-28(27)34/h3-8,13-14,19,21,24-25H,9-12,15-18,20H2,1-2H3. The second kappa shape index (κ2) is 10.1. The topological polar surface area (TPSA) is 51.4 Å². The van der Waals surface area contributed by atoms with Crippen molar-refractivity contribution in [1.29, 1.82) is 0 Å². The summed E-state index contributed by atoms with van der Waals surface area (Å²) in [6, 6.07) is 18.0. The van der Waals surface area contributed by atoms with Crippen molar-refractivity contribution in [3.8, 4) is 17.0 Å². The lowest BCUT2D eigenvalue weighted by molar-refractivity contribution is 0.0811. The summed E-state index contributed by atoms with van der Waals surface area (Å²) >= 11 is 0. The van der Waals surface area contributed by atoms with Crippen molar-refractivity contribution in [1.82, 2.24) is 29.1 Å². The van der Waals surface area contributed by atoms with E-state index in [0.717, 1.165) is 46.2 Å². The van der Waals surface area contributed by atoms with Crippen LogP contribution in [0.15, 0.2) is 61.1 Å². The molecule has 0 N–H and O–H groups in total. The first kappa shape index (κ1) is 23.3. The van der Waals surface area contributed by atoms with Gasteiger partial charge in [0.25, 0.3) is 0 Å². The molecule has 0 atom stereocenters. The fraction of sp³-hybridized carbons (Fsp3) is 0.448. The molecule has 0 radical (unpaired) electrons. The molecule has 1 aliphatic carbocycles. The Labute approximate surface area is 213 Å². The number of hydrogen-bond donors (Lipinski definition) is 0. The minimum atomic E-state index is 0.498. The predicted molar refractivity (Wildman–Crippen MR) is 143 cm³/mol. The van der Waals surface area contributed by atoms with E-state index in [1.54, 1.807) is 7.11 Å². The Bertz CT molecular complexity index is 1310. The number of rotatable bonds is 6. The number of hydrogen-bond acceptors (Lipinski definition) is 5. The normalized spacial score (nSPS) is 21.7. The monoisotopic (exact) mass is 484 g/mol. The second-order valence-corrected chi connectivity index (χ2v) is 10.4. The average Bonchev–Trinajstić information content (AvgIpc) is 3.58. The summed E-state index contributed by atoms with van der Waals surface area (Å²) in [7, 11) is 3.97. The summed E-state index contributed by atoms with van der Waals surface area (Å²) in [6.07, 6.45) is 9.02. The molecule has 0 amide bonds. The van der Waals surface area contributed by atoms with Crippen molar-refractivity contribution in [3.05, 3.63) is 66.6 Å². The molecule has 0 spiro atoms. The number of methoxy groups -OCH3 is 1. The van der Waals surface area contributed by atoms with Gasteiger partial charge in [0.1, 0.15) is 5.75 Å². The Hall–Kier alpha value is -3.16. The number of nitrogens with zero attached hydrogens (tertiary/aromatic N) is 6. The predicted octanol–water partition coefficient (Wildman–Crippen LogP) is 4.69. The molecule has 2 fully saturated rings. The highest BCUT2D eigenvalue weighted by atomic mass is 16.5. The number of ether oxygens (including phenoxy) is 1. The molecule has 7 heteroatoms. The van der Waals surface area contributed by atoms with Gasteiger partial charge < -0.3 is 14.2 Å². The molecule has 4 aromatic rings. The van der Waals surface area contributed by atoms with Gasteiger partial charge in [-0.1, -0.05) is 24.3 Å². The van der Waals surface area contributed by atoms with E-state index in [1.165, 1.54) is 51.9 Å². The molecule has 7 nitrogen and oxygen atoms in total. The lowest BCUT2D eigenvalue weighted by Crippen LogP contribution is -2.49. The molecule has 1 saturated carbocycles. The Morgan fingerprint density at radius 3 is 2.50 bits per heavy atom. The molecule has 6 rings (SSSR count). The van der Waals surface area contributed by atoms with Crippen molar-refractivity contribution < 1.29 is 4.74 Å². The minimum Gasteiger partial charge on any atom is -0.496 e. The van der Waals surface area contributed by atoms with Gasteiger partial charge in [0, 0.05) is 49.5 Å². The van der Waals surface area contributed by atoms with Crippen molar-refractivity contribution in [2.24, 2.45) is 0 Å². The van der Waals surface area contributed by atoms with Crippen LogP contribution in [0.4, 0.5) is 0 Å². The molecular weight excluding hydrogens is 448 g/mol. The van der Waals surface area contributed by atoms with Gasteiger partial charge in [-0.05, 0) is 57.0 Å². The summed E-state index contributed by atoms with van der Waals surface area (Å²) < 4.78 is 10.2. The number of benzene rings is 2. The van der Waals surface area contributed by atoms with Gasteiger partial charge >= 0.3 is 0 Å². The van der Waals surface area contributed by atoms with Crippen LogP contribution >= 0.6 is 0 Å². The maximum absolute atomic E-state index is 5.79. The van der Waals surface area contributed by atoms with Crippen molar-refractivity contribution >= 4 is 11.0 Å². The molecule has 0 bridgehead atoms. The van der Waals surface area contributed by atoms with Crippen LogP contribution in [0, 0.1) is 0 Å². The fourth-order valence-electron chi connectivity index (χ4n) is 5.92. The van der Waals surface area contributed by atoms with Crippen molar-refractivity contribution in [2.75, 3.05) is 40.3 Å². The van der Waals surface area contributed by atoms with Crippen LogP contribution < -0.4 is 4.74 Å². The lowest BCUT2D eigenvalue weighted by Gasteiger charge is -2.41. The Balaban J connectivity index is 1.13. The van der Waals surface area contributed by atoms with Crippen LogP contribution in [0.25, 0.3) is 22.3 Å². The molecule has 188 valence electrons. The van der Waals surface area contributed by atoms with E-state index < -0.39 is 0 Å². The van der Waals surface area contributed by atoms with Crippen LogP contribution in [0.2, 0.25) is 0 Å². The van der Waals surface area contributed by atoms with Crippen LogP contribution in [-0.2, 0) is 6.54 Å². The zero-order valence-corrected chi connectivity index (χ0v) is 21.4. The van der Waals surface area contributed by atoms with Gasteiger partial charge in [-0.3, -0.25) is 9.58 Å². The molecule has 0 unspecified atom stereocenters. The molecule has 2 aromatic heterocycles. The van der Waals surface area contributed by atoms with Gasteiger partial charge in [0.15, 0.2) is 0 Å². The van der Waals surface area contributed by atoms with E-state index in [9.17, 15) is 0 Å². The molecule has 1 saturated heterocycles. The third-order valence-corrected chi connectivity index (χ3v) is 8.15. The van der Waals surface area contributed by atoms with Crippen LogP contribution in [0.1, 0.15) is 37.3 Å². The highest BCUT2D eigenvalue weighted by Crippen LogP contribution is 2.33. The van der Waals surface area contributed by atoms with E-state index in [-0.39, 0.29) is 0 Å². The quantitative estimate of drug-likeness (QED) is 0.398. The first-order chi connectivity index (χ1) is 17.7. The van der Waals surface area contributed by atoms with Gasteiger partial charge in [-0.2, -0.15) is 5.10 Å². The maximum Gasteiger partial charge on any atom is 0.124 e. The number of para-hydroxylation sites is 2. The Kier molecular flexibility index (Phi) is 6.50. The Morgan fingerprint density at radius 1 is 0.917 bits per heavy atom. The first-order valence-electron chi connectivity index (χ1n) is 13.2. The average molecular weight is 485 g/mol. The summed E-state index contributed by atoms with van der Waals surface area (Å²) in [4.78, 5) is 9.67. The van der Waals surface area contributed by atoms with E-state index in [4.69, 9.17) is 9.84 Å². The first-order valence-corrected chi connectivity index (χ1v) is 13.2. The van der Waals surface area contributed by atoms with Crippen LogP contribution in [-0.4, -0.2) is 75.5 Å². The molecule has 36 heavy (non-hydrogen) atoms. The largest absolute Gasteiger partial charge is 0.496 e. The highest BCUT2D eigenvalue weighted by molar-refractivity contribution is 5.75. The van der Waals surface area contributed by atoms with Crippen molar-refractivity contribution in [2.45, 2.75) is 44.3 Å².